The zero-order chi connectivity index (χ0) is 12.7. The molecule has 0 aliphatic heterocycles. The Bertz CT molecular complexity index is 338. The Morgan fingerprint density at radius 3 is 1.25 bits per heavy atom. The third-order valence-corrected chi connectivity index (χ3v) is 2.92. The fourth-order valence-electron chi connectivity index (χ4n) is 0.875. The lowest BCUT2D eigenvalue weighted by Gasteiger charge is -2.01. The van der Waals surface area contributed by atoms with Crippen molar-refractivity contribution in [2.24, 2.45) is 0 Å². The largest absolute Gasteiger partial charge is 0.355 e. The molecule has 0 saturated heterocycles. The summed E-state index contributed by atoms with van der Waals surface area (Å²) >= 11 is 0. The zero-order valence-electron chi connectivity index (χ0n) is 8.26. The van der Waals surface area contributed by atoms with Crippen molar-refractivity contribution in [1.82, 2.24) is 0 Å². The smallest absolute Gasteiger partial charge is 0.258 e. The highest BCUT2D eigenvalue weighted by atomic mass is 35.7. The van der Waals surface area contributed by atoms with Gasteiger partial charge in [-0.1, -0.05) is 12.8 Å². The maximum absolute atomic E-state index is 10.3. The van der Waals surface area contributed by atoms with E-state index in [1.807, 2.05) is 0 Å². The van der Waals surface area contributed by atoms with Crippen molar-refractivity contribution in [3.63, 3.8) is 0 Å². The quantitative estimate of drug-likeness (QED) is 0.474. The first-order valence-corrected chi connectivity index (χ1v) is 8.85. The minimum atomic E-state index is -3.89. The van der Waals surface area contributed by atoms with Crippen molar-refractivity contribution >= 4 is 40.0 Å². The van der Waals surface area contributed by atoms with E-state index in [-0.39, 0.29) is 13.2 Å². The van der Waals surface area contributed by atoms with Crippen LogP contribution in [0.15, 0.2) is 0 Å². The minimum Gasteiger partial charge on any atom is -0.258 e. The maximum atomic E-state index is 10.3. The third-order valence-electron chi connectivity index (χ3n) is 1.49. The molecule has 0 fully saturated rings. The molecule has 10 heteroatoms. The van der Waals surface area contributed by atoms with Gasteiger partial charge < -0.3 is 0 Å². The first kappa shape index (κ1) is 16.4. The van der Waals surface area contributed by atoms with E-state index in [1.165, 1.54) is 0 Å². The van der Waals surface area contributed by atoms with Crippen LogP contribution in [0.5, 0.6) is 0 Å². The predicted molar refractivity (Wildman–Crippen MR) is 59.9 cm³/mol. The van der Waals surface area contributed by atoms with Crippen LogP contribution in [0.3, 0.4) is 0 Å². The van der Waals surface area contributed by atoms with Crippen LogP contribution in [0.4, 0.5) is 0 Å². The summed E-state index contributed by atoms with van der Waals surface area (Å²) in [6.45, 7) is 0.0288. The molecule has 16 heavy (non-hydrogen) atoms. The highest BCUT2D eigenvalue weighted by Crippen LogP contribution is 2.06. The molecule has 0 aromatic rings. The monoisotopic (exact) mass is 314 g/mol. The van der Waals surface area contributed by atoms with Gasteiger partial charge in [0, 0.05) is 21.4 Å². The summed E-state index contributed by atoms with van der Waals surface area (Å²) in [5.74, 6) is 0. The van der Waals surface area contributed by atoms with E-state index in [2.05, 4.69) is 8.37 Å². The van der Waals surface area contributed by atoms with Crippen molar-refractivity contribution in [3.05, 3.63) is 0 Å². The Morgan fingerprint density at radius 2 is 1.00 bits per heavy atom. The Hall–Kier alpha value is 0.400. The first-order valence-electron chi connectivity index (χ1n) is 4.39. The second-order valence-electron chi connectivity index (χ2n) is 2.84. The molecule has 0 atom stereocenters. The highest BCUT2D eigenvalue weighted by Gasteiger charge is 2.05. The second kappa shape index (κ2) is 7.67. The van der Waals surface area contributed by atoms with Crippen LogP contribution in [-0.2, 0) is 27.0 Å². The average molecular weight is 315 g/mol. The fraction of sp³-hybridized carbons (Fsp3) is 1.00. The number of halogens is 2. The minimum absolute atomic E-state index is 0.0144. The molecule has 0 N–H and O–H groups in total. The van der Waals surface area contributed by atoms with Crippen LogP contribution in [0.25, 0.3) is 0 Å². The van der Waals surface area contributed by atoms with E-state index < -0.39 is 18.7 Å². The van der Waals surface area contributed by atoms with Crippen LogP contribution in [0.2, 0.25) is 0 Å². The summed E-state index contributed by atoms with van der Waals surface area (Å²) in [6, 6.07) is 0. The zero-order valence-corrected chi connectivity index (χ0v) is 11.4. The molecular formula is C6H12Cl2O6S2. The van der Waals surface area contributed by atoms with Gasteiger partial charge >= 0.3 is 18.7 Å². The Balaban J connectivity index is 3.29. The van der Waals surface area contributed by atoms with Crippen LogP contribution < -0.4 is 0 Å². The molecule has 0 saturated carbocycles. The predicted octanol–water partition coefficient (Wildman–Crippen LogP) is 1.55. The van der Waals surface area contributed by atoms with Gasteiger partial charge in [0.05, 0.1) is 13.2 Å². The lowest BCUT2D eigenvalue weighted by molar-refractivity contribution is 0.298. The number of unbranched alkanes of at least 4 members (excludes halogenated alkanes) is 3. The number of hydrogen-bond donors (Lipinski definition) is 0. The van der Waals surface area contributed by atoms with Gasteiger partial charge in [-0.05, 0) is 12.8 Å². The Labute approximate surface area is 104 Å². The van der Waals surface area contributed by atoms with Crippen molar-refractivity contribution in [2.75, 3.05) is 13.2 Å². The van der Waals surface area contributed by atoms with Crippen LogP contribution in [0, 0.1) is 0 Å². The molecule has 98 valence electrons. The summed E-state index contributed by atoms with van der Waals surface area (Å²) in [5, 5.41) is 0. The molecule has 0 aliphatic carbocycles. The SMILES string of the molecule is O=S(=O)(Cl)OCCCCCCOS(=O)(=O)Cl. The Kier molecular flexibility index (Phi) is 7.87. The molecular weight excluding hydrogens is 303 g/mol. The van der Waals surface area contributed by atoms with Crippen molar-refractivity contribution in [2.45, 2.75) is 25.7 Å². The molecule has 6 nitrogen and oxygen atoms in total. The maximum Gasteiger partial charge on any atom is 0.355 e. The normalized spacial score (nSPS) is 12.9. The van der Waals surface area contributed by atoms with Gasteiger partial charge in [0.2, 0.25) is 0 Å². The molecule has 0 aromatic heterocycles. The van der Waals surface area contributed by atoms with Gasteiger partial charge in [-0.25, -0.2) is 0 Å². The molecule has 0 aliphatic rings. The molecule has 0 bridgehead atoms. The molecule has 0 spiro atoms. The standard InChI is InChI=1S/C6H12Cl2O6S2/c7-15(9,10)13-5-3-1-2-4-6-14-16(8,11)12/h1-6H2. The van der Waals surface area contributed by atoms with E-state index in [1.54, 1.807) is 0 Å². The van der Waals surface area contributed by atoms with E-state index in [9.17, 15) is 16.8 Å². The fourth-order valence-corrected chi connectivity index (χ4v) is 1.89. The second-order valence-corrected chi connectivity index (χ2v) is 7.16. The molecule has 0 amide bonds. The van der Waals surface area contributed by atoms with Gasteiger partial charge in [-0.15, -0.1) is 0 Å². The van der Waals surface area contributed by atoms with Crippen molar-refractivity contribution in [1.29, 1.82) is 0 Å². The Morgan fingerprint density at radius 1 is 0.688 bits per heavy atom. The van der Waals surface area contributed by atoms with Crippen LogP contribution in [-0.4, -0.2) is 30.0 Å². The summed E-state index contributed by atoms with van der Waals surface area (Å²) in [7, 11) is 1.81. The third kappa shape index (κ3) is 14.4. The van der Waals surface area contributed by atoms with E-state index in [0.717, 1.165) is 0 Å². The molecule has 0 rings (SSSR count). The van der Waals surface area contributed by atoms with E-state index in [4.69, 9.17) is 21.4 Å². The summed E-state index contributed by atoms with van der Waals surface area (Å²) in [5.41, 5.74) is 0. The van der Waals surface area contributed by atoms with Crippen LogP contribution in [0.1, 0.15) is 25.7 Å². The lowest BCUT2D eigenvalue weighted by atomic mass is 10.2. The topological polar surface area (TPSA) is 86.7 Å². The van der Waals surface area contributed by atoms with Crippen molar-refractivity contribution in [3.8, 4) is 0 Å². The van der Waals surface area contributed by atoms with E-state index >= 15 is 0 Å². The first-order chi connectivity index (χ1) is 7.21. The molecule has 0 radical (unpaired) electrons. The summed E-state index contributed by atoms with van der Waals surface area (Å²) < 4.78 is 49.8. The van der Waals surface area contributed by atoms with Crippen molar-refractivity contribution < 1.29 is 25.2 Å². The highest BCUT2D eigenvalue weighted by molar-refractivity contribution is 8.10. The van der Waals surface area contributed by atoms with Crippen LogP contribution >= 0.6 is 21.4 Å². The van der Waals surface area contributed by atoms with Gasteiger partial charge in [0.15, 0.2) is 0 Å². The lowest BCUT2D eigenvalue weighted by Crippen LogP contribution is -2.01. The molecule has 0 aromatic carbocycles. The van der Waals surface area contributed by atoms with Gasteiger partial charge in [-0.2, -0.15) is 16.8 Å². The summed E-state index contributed by atoms with van der Waals surface area (Å²) in [4.78, 5) is 0. The van der Waals surface area contributed by atoms with E-state index in [0.29, 0.717) is 25.7 Å². The number of rotatable bonds is 9. The van der Waals surface area contributed by atoms with Gasteiger partial charge in [0.25, 0.3) is 0 Å². The van der Waals surface area contributed by atoms with Gasteiger partial charge in [0.1, 0.15) is 0 Å². The van der Waals surface area contributed by atoms with Gasteiger partial charge in [-0.3, -0.25) is 8.37 Å². The molecule has 0 heterocycles. The number of hydrogen-bond acceptors (Lipinski definition) is 6. The molecule has 0 unspecified atom stereocenters. The average Bonchev–Trinajstić information content (AvgIpc) is 2.06. The summed E-state index contributed by atoms with van der Waals surface area (Å²) in [6.07, 6.45) is 2.38.